The smallest absolute Gasteiger partial charge is 0.277 e. The van der Waals surface area contributed by atoms with Crippen molar-refractivity contribution >= 4 is 16.8 Å². The van der Waals surface area contributed by atoms with E-state index >= 15 is 0 Å². The highest BCUT2D eigenvalue weighted by Crippen LogP contribution is 2.11. The quantitative estimate of drug-likeness (QED) is 0.611. The number of nitrogens with two attached hydrogens (primary N) is 1. The van der Waals surface area contributed by atoms with E-state index in [2.05, 4.69) is 10.3 Å². The zero-order valence-electron chi connectivity index (χ0n) is 15.9. The topological polar surface area (TPSA) is 100 Å². The molecule has 2 N–H and O–H groups in total. The Labute approximate surface area is 163 Å². The molecule has 1 aromatic heterocycles. The van der Waals surface area contributed by atoms with Gasteiger partial charge in [0, 0.05) is 19.6 Å². The van der Waals surface area contributed by atoms with Crippen LogP contribution in [-0.4, -0.2) is 33.6 Å². The number of hydrogen-bond donors (Lipinski definition) is 1. The van der Waals surface area contributed by atoms with Crippen LogP contribution in [0.3, 0.4) is 0 Å². The average molecular weight is 380 g/mol. The fourth-order valence-electron chi connectivity index (χ4n) is 3.10. The minimum atomic E-state index is -0.603. The zero-order valence-corrected chi connectivity index (χ0v) is 15.9. The van der Waals surface area contributed by atoms with E-state index in [-0.39, 0.29) is 5.56 Å². The number of hydrogen-bond acceptors (Lipinski definition) is 5. The van der Waals surface area contributed by atoms with Crippen LogP contribution in [0.25, 0.3) is 10.9 Å². The van der Waals surface area contributed by atoms with E-state index in [9.17, 15) is 9.59 Å². The van der Waals surface area contributed by atoms with Crippen LogP contribution >= 0.6 is 0 Å². The van der Waals surface area contributed by atoms with E-state index in [1.54, 1.807) is 12.1 Å². The molecule has 1 amide bonds. The standard InChI is InChI=1S/C21H24N4O3/c1-2-28-19(20(22)26)14-16-11-9-15(10-12-16)6-5-13-25-21(27)17-7-3-4-8-18(17)23-24-25/h3-4,7-12,19H,2,5-6,13-14H2,1H3,(H2,22,26). The molecule has 0 radical (unpaired) electrons. The first-order chi connectivity index (χ1) is 13.6. The lowest BCUT2D eigenvalue weighted by molar-refractivity contribution is -0.129. The van der Waals surface area contributed by atoms with Gasteiger partial charge in [-0.3, -0.25) is 9.59 Å². The van der Waals surface area contributed by atoms with E-state index in [1.807, 2.05) is 43.3 Å². The maximum absolute atomic E-state index is 12.4. The van der Waals surface area contributed by atoms with E-state index in [0.717, 1.165) is 24.0 Å². The molecule has 7 nitrogen and oxygen atoms in total. The molecule has 1 heterocycles. The van der Waals surface area contributed by atoms with Gasteiger partial charge in [-0.15, -0.1) is 5.10 Å². The summed E-state index contributed by atoms with van der Waals surface area (Å²) in [4.78, 5) is 23.8. The van der Waals surface area contributed by atoms with E-state index in [1.165, 1.54) is 4.68 Å². The van der Waals surface area contributed by atoms with Crippen molar-refractivity contribution in [2.45, 2.75) is 38.8 Å². The van der Waals surface area contributed by atoms with Crippen molar-refractivity contribution in [3.05, 3.63) is 70.0 Å². The van der Waals surface area contributed by atoms with Crippen molar-refractivity contribution in [3.63, 3.8) is 0 Å². The molecular formula is C21H24N4O3. The van der Waals surface area contributed by atoms with Crippen molar-refractivity contribution in [2.75, 3.05) is 6.61 Å². The second-order valence-corrected chi connectivity index (χ2v) is 6.61. The van der Waals surface area contributed by atoms with Crippen molar-refractivity contribution in [3.8, 4) is 0 Å². The first kappa shape index (κ1) is 19.7. The number of nitrogens with zero attached hydrogens (tertiary/aromatic N) is 3. The molecule has 1 unspecified atom stereocenters. The van der Waals surface area contributed by atoms with Crippen molar-refractivity contribution in [1.29, 1.82) is 0 Å². The number of primary amides is 1. The molecule has 146 valence electrons. The van der Waals surface area contributed by atoms with Crippen LogP contribution in [-0.2, 0) is 28.9 Å². The minimum Gasteiger partial charge on any atom is -0.368 e. The monoisotopic (exact) mass is 380 g/mol. The Hall–Kier alpha value is -3.06. The van der Waals surface area contributed by atoms with Gasteiger partial charge in [0.15, 0.2) is 0 Å². The summed E-state index contributed by atoms with van der Waals surface area (Å²) in [5, 5.41) is 8.70. The fourth-order valence-corrected chi connectivity index (χ4v) is 3.10. The zero-order chi connectivity index (χ0) is 19.9. The van der Waals surface area contributed by atoms with Gasteiger partial charge in [0.2, 0.25) is 5.91 Å². The minimum absolute atomic E-state index is 0.116. The van der Waals surface area contributed by atoms with Crippen LogP contribution in [0.15, 0.2) is 53.3 Å². The largest absolute Gasteiger partial charge is 0.368 e. The van der Waals surface area contributed by atoms with Crippen molar-refractivity contribution in [1.82, 2.24) is 15.0 Å². The molecule has 28 heavy (non-hydrogen) atoms. The molecule has 0 aliphatic heterocycles. The maximum Gasteiger partial charge on any atom is 0.277 e. The first-order valence-electron chi connectivity index (χ1n) is 9.39. The molecule has 0 aliphatic rings. The molecule has 0 spiro atoms. The van der Waals surface area contributed by atoms with Crippen LogP contribution in [0.4, 0.5) is 0 Å². The molecule has 2 aromatic carbocycles. The van der Waals surface area contributed by atoms with Gasteiger partial charge in [0.05, 0.1) is 5.39 Å². The Morgan fingerprint density at radius 3 is 2.57 bits per heavy atom. The van der Waals surface area contributed by atoms with Crippen molar-refractivity contribution < 1.29 is 9.53 Å². The highest BCUT2D eigenvalue weighted by atomic mass is 16.5. The molecule has 3 aromatic rings. The highest BCUT2D eigenvalue weighted by Gasteiger charge is 2.15. The van der Waals surface area contributed by atoms with E-state index in [0.29, 0.717) is 30.5 Å². The molecule has 3 rings (SSSR count). The van der Waals surface area contributed by atoms with Crippen LogP contribution in [0.2, 0.25) is 0 Å². The summed E-state index contributed by atoms with van der Waals surface area (Å²) >= 11 is 0. The van der Waals surface area contributed by atoms with Crippen LogP contribution in [0.5, 0.6) is 0 Å². The Bertz CT molecular complexity index is 998. The number of aryl methyl sites for hydroxylation is 2. The summed E-state index contributed by atoms with van der Waals surface area (Å²) in [6, 6.07) is 15.2. The Kier molecular flexibility index (Phi) is 6.49. The number of fused-ring (bicyclic) bond motifs is 1. The van der Waals surface area contributed by atoms with Gasteiger partial charge in [-0.05, 0) is 43.0 Å². The van der Waals surface area contributed by atoms with Crippen LogP contribution in [0.1, 0.15) is 24.5 Å². The third kappa shape index (κ3) is 4.80. The molecule has 0 saturated heterocycles. The lowest BCUT2D eigenvalue weighted by atomic mass is 10.0. The lowest BCUT2D eigenvalue weighted by Crippen LogP contribution is -2.33. The summed E-state index contributed by atoms with van der Waals surface area (Å²) < 4.78 is 6.79. The third-order valence-electron chi connectivity index (χ3n) is 4.59. The Morgan fingerprint density at radius 2 is 1.86 bits per heavy atom. The second kappa shape index (κ2) is 9.23. The average Bonchev–Trinajstić information content (AvgIpc) is 2.70. The number of benzene rings is 2. The van der Waals surface area contributed by atoms with Crippen molar-refractivity contribution in [2.24, 2.45) is 5.73 Å². The number of carbonyl (C=O) groups excluding carboxylic acids is 1. The predicted octanol–water partition coefficient (Wildman–Crippen LogP) is 1.86. The Morgan fingerprint density at radius 1 is 1.14 bits per heavy atom. The molecular weight excluding hydrogens is 356 g/mol. The highest BCUT2D eigenvalue weighted by molar-refractivity contribution is 5.79. The summed E-state index contributed by atoms with van der Waals surface area (Å²) in [6.07, 6.45) is 1.45. The predicted molar refractivity (Wildman–Crippen MR) is 107 cm³/mol. The summed E-state index contributed by atoms with van der Waals surface area (Å²) in [7, 11) is 0. The number of aromatic nitrogens is 3. The first-order valence-corrected chi connectivity index (χ1v) is 9.39. The van der Waals surface area contributed by atoms with Gasteiger partial charge < -0.3 is 10.5 Å². The number of carbonyl (C=O) groups is 1. The molecule has 1 atom stereocenters. The molecule has 0 fully saturated rings. The molecule has 0 bridgehead atoms. The summed E-state index contributed by atoms with van der Waals surface area (Å²) in [5.74, 6) is -0.451. The van der Waals surface area contributed by atoms with Gasteiger partial charge in [-0.1, -0.05) is 41.6 Å². The molecule has 0 saturated carbocycles. The van der Waals surface area contributed by atoms with Crippen LogP contribution in [0, 0.1) is 0 Å². The van der Waals surface area contributed by atoms with Gasteiger partial charge >= 0.3 is 0 Å². The normalized spacial score (nSPS) is 12.2. The van der Waals surface area contributed by atoms with E-state index in [4.69, 9.17) is 10.5 Å². The van der Waals surface area contributed by atoms with Gasteiger partial charge in [-0.2, -0.15) is 0 Å². The molecule has 0 aliphatic carbocycles. The van der Waals surface area contributed by atoms with Crippen LogP contribution < -0.4 is 11.3 Å². The van der Waals surface area contributed by atoms with Gasteiger partial charge in [-0.25, -0.2) is 4.68 Å². The Balaban J connectivity index is 1.57. The van der Waals surface area contributed by atoms with E-state index < -0.39 is 12.0 Å². The van der Waals surface area contributed by atoms with Gasteiger partial charge in [0.25, 0.3) is 5.56 Å². The third-order valence-corrected chi connectivity index (χ3v) is 4.59. The number of ether oxygens (including phenoxy) is 1. The second-order valence-electron chi connectivity index (χ2n) is 6.61. The lowest BCUT2D eigenvalue weighted by Gasteiger charge is -2.13. The maximum atomic E-state index is 12.4. The molecule has 7 heteroatoms. The fraction of sp³-hybridized carbons (Fsp3) is 0.333. The summed E-state index contributed by atoms with van der Waals surface area (Å²) in [6.45, 7) is 2.79. The van der Waals surface area contributed by atoms with Gasteiger partial charge in [0.1, 0.15) is 11.6 Å². The SMILES string of the molecule is CCOC(Cc1ccc(CCCn2nnc3ccccc3c2=O)cc1)C(N)=O. The summed E-state index contributed by atoms with van der Waals surface area (Å²) in [5.41, 5.74) is 8.01. The number of amides is 1. The number of rotatable bonds is 9.